The summed E-state index contributed by atoms with van der Waals surface area (Å²) in [4.78, 5) is 12.2. The van der Waals surface area contributed by atoms with Crippen LogP contribution in [0.5, 0.6) is 11.5 Å². The molecule has 0 spiro atoms. The van der Waals surface area contributed by atoms with E-state index in [1.807, 2.05) is 6.92 Å². The van der Waals surface area contributed by atoms with E-state index in [-0.39, 0.29) is 11.5 Å². The van der Waals surface area contributed by atoms with Crippen molar-refractivity contribution in [2.75, 3.05) is 23.8 Å². The van der Waals surface area contributed by atoms with Gasteiger partial charge in [-0.3, -0.25) is 9.52 Å². The van der Waals surface area contributed by atoms with Gasteiger partial charge in [-0.2, -0.15) is 0 Å². The minimum atomic E-state index is -3.89. The van der Waals surface area contributed by atoms with Gasteiger partial charge in [0.25, 0.3) is 15.9 Å². The molecule has 3 aromatic rings. The van der Waals surface area contributed by atoms with E-state index in [1.54, 1.807) is 48.5 Å². The monoisotopic (exact) mass is 460 g/mol. The molecular formula is C22H21ClN2O5S. The second-order valence-electron chi connectivity index (χ2n) is 6.58. The van der Waals surface area contributed by atoms with Gasteiger partial charge in [0.05, 0.1) is 17.7 Å². The highest BCUT2D eigenvalue weighted by molar-refractivity contribution is 7.92. The van der Waals surface area contributed by atoms with Gasteiger partial charge < -0.3 is 14.8 Å². The highest BCUT2D eigenvalue weighted by atomic mass is 35.5. The summed E-state index contributed by atoms with van der Waals surface area (Å²) in [6.07, 6.45) is 0. The topological polar surface area (TPSA) is 93.7 Å². The van der Waals surface area contributed by atoms with Gasteiger partial charge in [0.1, 0.15) is 11.5 Å². The number of para-hydroxylation sites is 2. The first-order valence-electron chi connectivity index (χ1n) is 9.23. The van der Waals surface area contributed by atoms with Crippen LogP contribution in [-0.4, -0.2) is 28.0 Å². The average Bonchev–Trinajstić information content (AvgIpc) is 2.75. The van der Waals surface area contributed by atoms with E-state index in [0.717, 1.165) is 5.56 Å². The molecule has 0 aliphatic carbocycles. The van der Waals surface area contributed by atoms with Gasteiger partial charge in [-0.1, -0.05) is 29.8 Å². The highest BCUT2D eigenvalue weighted by Gasteiger charge is 2.17. The molecule has 0 aromatic heterocycles. The van der Waals surface area contributed by atoms with Crippen LogP contribution in [0, 0.1) is 6.92 Å². The number of anilines is 2. The molecule has 0 atom stereocenters. The van der Waals surface area contributed by atoms with Crippen LogP contribution < -0.4 is 19.5 Å². The molecule has 31 heavy (non-hydrogen) atoms. The van der Waals surface area contributed by atoms with Gasteiger partial charge in [-0.15, -0.1) is 0 Å². The number of sulfonamides is 1. The molecule has 0 aliphatic rings. The number of halogens is 1. The van der Waals surface area contributed by atoms with Crippen LogP contribution >= 0.6 is 11.6 Å². The fourth-order valence-corrected chi connectivity index (χ4v) is 3.96. The second kappa shape index (κ2) is 9.72. The minimum Gasteiger partial charge on any atom is -0.495 e. The zero-order valence-corrected chi connectivity index (χ0v) is 18.5. The largest absolute Gasteiger partial charge is 0.495 e. The summed E-state index contributed by atoms with van der Waals surface area (Å²) in [6, 6.07) is 17.7. The van der Waals surface area contributed by atoms with Crippen LogP contribution in [0.3, 0.4) is 0 Å². The number of rotatable bonds is 8. The Morgan fingerprint density at radius 3 is 2.55 bits per heavy atom. The van der Waals surface area contributed by atoms with Crippen LogP contribution in [0.4, 0.5) is 11.4 Å². The van der Waals surface area contributed by atoms with E-state index in [9.17, 15) is 13.2 Å². The maximum absolute atomic E-state index is 12.8. The summed E-state index contributed by atoms with van der Waals surface area (Å²) in [7, 11) is -2.44. The number of amides is 1. The molecule has 0 unspecified atom stereocenters. The Labute approximate surface area is 186 Å². The Morgan fingerprint density at radius 1 is 1.03 bits per heavy atom. The van der Waals surface area contributed by atoms with Gasteiger partial charge in [-0.05, 0) is 61.0 Å². The van der Waals surface area contributed by atoms with Gasteiger partial charge in [0.2, 0.25) is 0 Å². The third-order valence-electron chi connectivity index (χ3n) is 4.28. The van der Waals surface area contributed by atoms with Crippen molar-refractivity contribution in [3.8, 4) is 11.5 Å². The van der Waals surface area contributed by atoms with Crippen LogP contribution in [0.2, 0.25) is 5.02 Å². The van der Waals surface area contributed by atoms with Crippen LogP contribution in [-0.2, 0) is 14.8 Å². The van der Waals surface area contributed by atoms with Crippen molar-refractivity contribution >= 4 is 38.9 Å². The Kier molecular flexibility index (Phi) is 7.04. The second-order valence-corrected chi connectivity index (χ2v) is 8.67. The third kappa shape index (κ3) is 5.90. The van der Waals surface area contributed by atoms with Crippen LogP contribution in [0.15, 0.2) is 71.6 Å². The molecule has 1 amide bonds. The van der Waals surface area contributed by atoms with E-state index in [2.05, 4.69) is 10.0 Å². The number of hydrogen-bond donors (Lipinski definition) is 2. The lowest BCUT2D eigenvalue weighted by molar-refractivity contribution is -0.118. The SMILES string of the molecule is COc1ccccc1NS(=O)(=O)c1cccc(NC(=O)COc2ccc(Cl)c(C)c2)c1. The Morgan fingerprint density at radius 2 is 1.81 bits per heavy atom. The van der Waals surface area contributed by atoms with E-state index < -0.39 is 15.9 Å². The summed E-state index contributed by atoms with van der Waals surface area (Å²) in [5, 5.41) is 3.24. The molecule has 0 heterocycles. The van der Waals surface area contributed by atoms with E-state index in [0.29, 0.717) is 27.9 Å². The molecule has 2 N–H and O–H groups in total. The first-order chi connectivity index (χ1) is 14.8. The Bertz CT molecular complexity index is 1200. The predicted molar refractivity (Wildman–Crippen MR) is 121 cm³/mol. The first kappa shape index (κ1) is 22.5. The molecule has 3 rings (SSSR count). The van der Waals surface area contributed by atoms with Crippen molar-refractivity contribution < 1.29 is 22.7 Å². The number of carbonyl (C=O) groups excluding carboxylic acids is 1. The standard InChI is InChI=1S/C22H21ClN2O5S/c1-15-12-17(10-11-19(15)23)30-14-22(26)24-16-6-5-7-18(13-16)31(27,28)25-20-8-3-4-9-21(20)29-2/h3-13,25H,14H2,1-2H3,(H,24,26). The first-order valence-corrected chi connectivity index (χ1v) is 11.1. The molecule has 0 fully saturated rings. The van der Waals surface area contributed by atoms with E-state index in [1.165, 1.54) is 25.3 Å². The number of methoxy groups -OCH3 is 1. The lowest BCUT2D eigenvalue weighted by Gasteiger charge is -2.13. The Balaban J connectivity index is 1.67. The molecule has 0 bridgehead atoms. The lowest BCUT2D eigenvalue weighted by Crippen LogP contribution is -2.20. The number of aryl methyl sites for hydroxylation is 1. The molecule has 3 aromatic carbocycles. The highest BCUT2D eigenvalue weighted by Crippen LogP contribution is 2.27. The fourth-order valence-electron chi connectivity index (χ4n) is 2.73. The molecule has 162 valence electrons. The summed E-state index contributed by atoms with van der Waals surface area (Å²) >= 11 is 5.97. The number of carbonyl (C=O) groups is 1. The van der Waals surface area contributed by atoms with Crippen molar-refractivity contribution in [3.05, 3.63) is 77.3 Å². The maximum atomic E-state index is 12.8. The zero-order chi connectivity index (χ0) is 22.4. The molecule has 9 heteroatoms. The van der Waals surface area contributed by atoms with E-state index >= 15 is 0 Å². The molecule has 0 aliphatic heterocycles. The smallest absolute Gasteiger partial charge is 0.262 e. The zero-order valence-electron chi connectivity index (χ0n) is 16.9. The fraction of sp³-hybridized carbons (Fsp3) is 0.136. The van der Waals surface area contributed by atoms with Crippen molar-refractivity contribution in [2.45, 2.75) is 11.8 Å². The summed E-state index contributed by atoms with van der Waals surface area (Å²) in [6.45, 7) is 1.60. The number of hydrogen-bond acceptors (Lipinski definition) is 5. The summed E-state index contributed by atoms with van der Waals surface area (Å²) in [5.41, 5.74) is 1.47. The van der Waals surface area contributed by atoms with Gasteiger partial charge >= 0.3 is 0 Å². The maximum Gasteiger partial charge on any atom is 0.262 e. The van der Waals surface area contributed by atoms with Crippen LogP contribution in [0.25, 0.3) is 0 Å². The lowest BCUT2D eigenvalue weighted by atomic mass is 10.2. The van der Waals surface area contributed by atoms with E-state index in [4.69, 9.17) is 21.1 Å². The van der Waals surface area contributed by atoms with Gasteiger partial charge in [0.15, 0.2) is 6.61 Å². The average molecular weight is 461 g/mol. The van der Waals surface area contributed by atoms with Gasteiger partial charge in [-0.25, -0.2) is 8.42 Å². The minimum absolute atomic E-state index is 0.00884. The number of nitrogens with one attached hydrogen (secondary N) is 2. The van der Waals surface area contributed by atoms with Crippen molar-refractivity contribution in [3.63, 3.8) is 0 Å². The molecule has 0 radical (unpaired) electrons. The number of ether oxygens (including phenoxy) is 2. The third-order valence-corrected chi connectivity index (χ3v) is 6.07. The molecule has 0 saturated carbocycles. The summed E-state index contributed by atoms with van der Waals surface area (Å²) < 4.78 is 38.7. The van der Waals surface area contributed by atoms with Crippen molar-refractivity contribution in [1.29, 1.82) is 0 Å². The quantitative estimate of drug-likeness (QED) is 0.517. The predicted octanol–water partition coefficient (Wildman–Crippen LogP) is 4.48. The molecule has 0 saturated heterocycles. The summed E-state index contributed by atoms with van der Waals surface area (Å²) in [5.74, 6) is 0.472. The Hall–Kier alpha value is -3.23. The molecule has 7 nitrogen and oxygen atoms in total. The van der Waals surface area contributed by atoms with Crippen molar-refractivity contribution in [2.24, 2.45) is 0 Å². The number of benzene rings is 3. The van der Waals surface area contributed by atoms with Gasteiger partial charge in [0, 0.05) is 10.7 Å². The molecular weight excluding hydrogens is 440 g/mol. The van der Waals surface area contributed by atoms with Crippen LogP contribution in [0.1, 0.15) is 5.56 Å². The normalized spacial score (nSPS) is 10.9. The van der Waals surface area contributed by atoms with Crippen molar-refractivity contribution in [1.82, 2.24) is 0 Å².